The van der Waals surface area contributed by atoms with Crippen LogP contribution >= 0.6 is 0 Å². The number of likely N-dealkylation sites (tertiary alicyclic amines) is 1. The molecule has 1 aromatic rings. The molecule has 3 rings (SSSR count). The van der Waals surface area contributed by atoms with Gasteiger partial charge in [0, 0.05) is 26.2 Å². The molecule has 0 saturated carbocycles. The zero-order chi connectivity index (χ0) is 17.8. The van der Waals surface area contributed by atoms with Crippen molar-refractivity contribution in [2.75, 3.05) is 39.3 Å². The van der Waals surface area contributed by atoms with Crippen molar-refractivity contribution in [1.29, 1.82) is 0 Å². The summed E-state index contributed by atoms with van der Waals surface area (Å²) >= 11 is 0. The van der Waals surface area contributed by atoms with Crippen LogP contribution in [0.1, 0.15) is 36.9 Å². The van der Waals surface area contributed by atoms with E-state index in [1.165, 1.54) is 6.07 Å². The number of nitrogens with zero attached hydrogens (tertiary/aromatic N) is 2. The minimum Gasteiger partial charge on any atom is -0.396 e. The standard InChI is InChI=1S/C19H28FN3O2/c1-14-18-12-17(20)3-2-16(18)6-10-23(14)19(25)21-7-11-22-8-4-15(13-24)5-9-22/h2-3,12,14-15,24H,4-11,13H2,1H3,(H,21,25)/t14-/m1/s1. The zero-order valence-corrected chi connectivity index (χ0v) is 14.9. The lowest BCUT2D eigenvalue weighted by Crippen LogP contribution is -2.47. The Morgan fingerprint density at radius 1 is 1.32 bits per heavy atom. The molecule has 6 heteroatoms. The van der Waals surface area contributed by atoms with Crippen LogP contribution in [0.25, 0.3) is 0 Å². The van der Waals surface area contributed by atoms with Crippen LogP contribution in [0, 0.1) is 11.7 Å². The fourth-order valence-corrected chi connectivity index (χ4v) is 3.88. The van der Waals surface area contributed by atoms with Crippen molar-refractivity contribution < 1.29 is 14.3 Å². The summed E-state index contributed by atoms with van der Waals surface area (Å²) in [5, 5.41) is 12.2. The summed E-state index contributed by atoms with van der Waals surface area (Å²) in [6, 6.07) is 4.67. The number of nitrogens with one attached hydrogen (secondary N) is 1. The number of amides is 2. The molecule has 0 aromatic heterocycles. The number of hydrogen-bond acceptors (Lipinski definition) is 3. The molecule has 2 amide bonds. The molecular formula is C19H28FN3O2. The van der Waals surface area contributed by atoms with Gasteiger partial charge in [-0.3, -0.25) is 0 Å². The fraction of sp³-hybridized carbons (Fsp3) is 0.632. The van der Waals surface area contributed by atoms with Gasteiger partial charge in [0.15, 0.2) is 0 Å². The number of carbonyl (C=O) groups excluding carboxylic acids is 1. The molecule has 2 heterocycles. The van der Waals surface area contributed by atoms with Crippen LogP contribution in [0.5, 0.6) is 0 Å². The van der Waals surface area contributed by atoms with Gasteiger partial charge >= 0.3 is 6.03 Å². The third-order valence-corrected chi connectivity index (χ3v) is 5.58. The molecule has 1 aromatic carbocycles. The summed E-state index contributed by atoms with van der Waals surface area (Å²) in [5.74, 6) is 0.180. The lowest BCUT2D eigenvalue weighted by Gasteiger charge is -2.36. The number of urea groups is 1. The highest BCUT2D eigenvalue weighted by Crippen LogP contribution is 2.29. The van der Waals surface area contributed by atoms with E-state index in [0.717, 1.165) is 50.0 Å². The molecule has 2 aliphatic rings. The Bertz CT molecular complexity index is 602. The SMILES string of the molecule is C[C@@H]1c2cc(F)ccc2CCN1C(=O)NCCN1CCC(CO)CC1. The van der Waals surface area contributed by atoms with Crippen LogP contribution in [0.4, 0.5) is 9.18 Å². The summed E-state index contributed by atoms with van der Waals surface area (Å²) in [6.07, 6.45) is 2.81. The molecule has 0 aliphatic carbocycles. The molecule has 25 heavy (non-hydrogen) atoms. The van der Waals surface area contributed by atoms with Crippen molar-refractivity contribution in [1.82, 2.24) is 15.1 Å². The van der Waals surface area contributed by atoms with E-state index >= 15 is 0 Å². The quantitative estimate of drug-likeness (QED) is 0.876. The average molecular weight is 349 g/mol. The number of carbonyl (C=O) groups is 1. The predicted molar refractivity (Wildman–Crippen MR) is 94.9 cm³/mol. The number of halogens is 1. The summed E-state index contributed by atoms with van der Waals surface area (Å²) in [5.41, 5.74) is 2.04. The third kappa shape index (κ3) is 4.30. The zero-order valence-electron chi connectivity index (χ0n) is 14.9. The predicted octanol–water partition coefficient (Wildman–Crippen LogP) is 2.16. The molecule has 1 saturated heterocycles. The normalized spacial score (nSPS) is 21.9. The minimum absolute atomic E-state index is 0.0762. The van der Waals surface area contributed by atoms with E-state index in [1.54, 1.807) is 11.0 Å². The molecule has 138 valence electrons. The van der Waals surface area contributed by atoms with Crippen LogP contribution in [0.2, 0.25) is 0 Å². The molecule has 5 nitrogen and oxygen atoms in total. The Kier molecular flexibility index (Phi) is 5.91. The maximum atomic E-state index is 13.5. The first-order valence-electron chi connectivity index (χ1n) is 9.24. The van der Waals surface area contributed by atoms with Gasteiger partial charge in [-0.1, -0.05) is 6.07 Å². The highest BCUT2D eigenvalue weighted by molar-refractivity contribution is 5.75. The van der Waals surface area contributed by atoms with Crippen molar-refractivity contribution in [3.8, 4) is 0 Å². The molecule has 1 atom stereocenters. The van der Waals surface area contributed by atoms with E-state index in [-0.39, 0.29) is 24.5 Å². The van der Waals surface area contributed by atoms with E-state index in [0.29, 0.717) is 19.0 Å². The number of benzene rings is 1. The van der Waals surface area contributed by atoms with E-state index in [2.05, 4.69) is 10.2 Å². The van der Waals surface area contributed by atoms with Crippen molar-refractivity contribution in [3.63, 3.8) is 0 Å². The Morgan fingerprint density at radius 3 is 2.80 bits per heavy atom. The number of piperidine rings is 1. The molecule has 0 spiro atoms. The van der Waals surface area contributed by atoms with Crippen LogP contribution < -0.4 is 5.32 Å². The van der Waals surface area contributed by atoms with Gasteiger partial charge < -0.3 is 20.2 Å². The third-order valence-electron chi connectivity index (χ3n) is 5.58. The molecule has 0 unspecified atom stereocenters. The number of rotatable bonds is 4. The second kappa shape index (κ2) is 8.15. The number of aliphatic hydroxyl groups is 1. The maximum Gasteiger partial charge on any atom is 0.317 e. The summed E-state index contributed by atoms with van der Waals surface area (Å²) in [4.78, 5) is 16.6. The first kappa shape index (κ1) is 18.1. The van der Waals surface area contributed by atoms with E-state index in [4.69, 9.17) is 0 Å². The Balaban J connectivity index is 1.47. The second-order valence-electron chi connectivity index (χ2n) is 7.16. The van der Waals surface area contributed by atoms with Gasteiger partial charge in [-0.25, -0.2) is 9.18 Å². The van der Waals surface area contributed by atoms with Gasteiger partial charge in [-0.15, -0.1) is 0 Å². The molecule has 2 N–H and O–H groups in total. The number of aliphatic hydroxyl groups excluding tert-OH is 1. The Morgan fingerprint density at radius 2 is 2.08 bits per heavy atom. The average Bonchev–Trinajstić information content (AvgIpc) is 2.63. The van der Waals surface area contributed by atoms with E-state index < -0.39 is 0 Å². The molecule has 0 bridgehead atoms. The molecule has 0 radical (unpaired) electrons. The summed E-state index contributed by atoms with van der Waals surface area (Å²) in [7, 11) is 0. The minimum atomic E-state index is -0.251. The van der Waals surface area contributed by atoms with Gasteiger partial charge in [0.1, 0.15) is 5.82 Å². The van der Waals surface area contributed by atoms with Crippen LogP contribution in [0.3, 0.4) is 0 Å². The Labute approximate surface area is 148 Å². The lowest BCUT2D eigenvalue weighted by molar-refractivity contribution is 0.130. The fourth-order valence-electron chi connectivity index (χ4n) is 3.88. The van der Waals surface area contributed by atoms with Gasteiger partial charge in [0.2, 0.25) is 0 Å². The molecular weight excluding hydrogens is 321 g/mol. The summed E-state index contributed by atoms with van der Waals surface area (Å²) in [6.45, 7) is 6.30. The monoisotopic (exact) mass is 349 g/mol. The smallest absolute Gasteiger partial charge is 0.317 e. The van der Waals surface area contributed by atoms with E-state index in [9.17, 15) is 14.3 Å². The molecule has 1 fully saturated rings. The van der Waals surface area contributed by atoms with Gasteiger partial charge in [0.25, 0.3) is 0 Å². The van der Waals surface area contributed by atoms with Gasteiger partial charge in [0.05, 0.1) is 6.04 Å². The summed E-state index contributed by atoms with van der Waals surface area (Å²) < 4.78 is 13.5. The lowest BCUT2D eigenvalue weighted by atomic mass is 9.94. The topological polar surface area (TPSA) is 55.8 Å². The second-order valence-corrected chi connectivity index (χ2v) is 7.16. The molecule has 2 aliphatic heterocycles. The first-order valence-corrected chi connectivity index (χ1v) is 9.24. The number of fused-ring (bicyclic) bond motifs is 1. The highest BCUT2D eigenvalue weighted by Gasteiger charge is 2.28. The largest absolute Gasteiger partial charge is 0.396 e. The van der Waals surface area contributed by atoms with Crippen molar-refractivity contribution >= 4 is 6.03 Å². The van der Waals surface area contributed by atoms with E-state index in [1.807, 2.05) is 13.0 Å². The van der Waals surface area contributed by atoms with Crippen molar-refractivity contribution in [2.24, 2.45) is 5.92 Å². The van der Waals surface area contributed by atoms with Crippen molar-refractivity contribution in [3.05, 3.63) is 35.1 Å². The van der Waals surface area contributed by atoms with Crippen LogP contribution in [0.15, 0.2) is 18.2 Å². The van der Waals surface area contributed by atoms with Gasteiger partial charge in [-0.2, -0.15) is 0 Å². The van der Waals surface area contributed by atoms with Crippen LogP contribution in [-0.4, -0.2) is 60.3 Å². The number of hydrogen-bond donors (Lipinski definition) is 2. The Hall–Kier alpha value is -1.66. The van der Waals surface area contributed by atoms with Crippen LogP contribution in [-0.2, 0) is 6.42 Å². The van der Waals surface area contributed by atoms with Gasteiger partial charge in [-0.05, 0) is 68.5 Å². The highest BCUT2D eigenvalue weighted by atomic mass is 19.1. The van der Waals surface area contributed by atoms with Crippen molar-refractivity contribution in [2.45, 2.75) is 32.2 Å². The first-order chi connectivity index (χ1) is 12.1. The maximum absolute atomic E-state index is 13.5.